The SMILES string of the molecule is CC(C)(C)OC(=O)N[C@H]1CCCCCCC[C@@H]2C[C@@]2(C(=O)NS(=O)(=O)C(F)(F)F)NC(=O)[C@@H]2C[C@@H](OC(O)N3Cc4ccccc4C3)CN2C1=O. The number of carbonyl (C=O) groups is 4. The lowest BCUT2D eigenvalue weighted by molar-refractivity contribution is -0.218. The third-order valence-electron chi connectivity index (χ3n) is 9.76. The first-order chi connectivity index (χ1) is 23.8. The van der Waals surface area contributed by atoms with Gasteiger partial charge in [0.15, 0.2) is 0 Å². The Bertz CT molecular complexity index is 1580. The highest BCUT2D eigenvalue weighted by Gasteiger charge is 2.63. The van der Waals surface area contributed by atoms with Crippen LogP contribution in [-0.4, -0.2) is 94.9 Å². The number of nitrogens with one attached hydrogen (secondary N) is 3. The summed E-state index contributed by atoms with van der Waals surface area (Å²) in [6.07, 6.45) is 0.275. The fourth-order valence-electron chi connectivity index (χ4n) is 7.08. The number of aliphatic hydroxyl groups is 1. The van der Waals surface area contributed by atoms with E-state index >= 15 is 0 Å². The molecule has 0 aromatic heterocycles. The van der Waals surface area contributed by atoms with E-state index in [-0.39, 0.29) is 25.8 Å². The van der Waals surface area contributed by atoms with Gasteiger partial charge in [-0.1, -0.05) is 56.4 Å². The molecule has 3 fully saturated rings. The second-order valence-electron chi connectivity index (χ2n) is 14.8. The molecule has 0 bridgehead atoms. The van der Waals surface area contributed by atoms with E-state index in [9.17, 15) is 45.9 Å². The molecule has 1 unspecified atom stereocenters. The second-order valence-corrected chi connectivity index (χ2v) is 16.5. The Hall–Kier alpha value is -3.48. The van der Waals surface area contributed by atoms with Gasteiger partial charge in [-0.15, -0.1) is 0 Å². The summed E-state index contributed by atoms with van der Waals surface area (Å²) in [6, 6.07) is 5.13. The molecule has 4 amide bonds. The topological polar surface area (TPSA) is 184 Å². The molecule has 2 saturated heterocycles. The molecule has 4 N–H and O–H groups in total. The number of alkyl carbamates (subject to hydrolysis) is 1. The van der Waals surface area contributed by atoms with E-state index in [1.807, 2.05) is 24.3 Å². The summed E-state index contributed by atoms with van der Waals surface area (Å²) in [5.41, 5.74) is -6.60. The van der Waals surface area contributed by atoms with Crippen molar-refractivity contribution < 1.29 is 55.3 Å². The summed E-state index contributed by atoms with van der Waals surface area (Å²) >= 11 is 0. The van der Waals surface area contributed by atoms with E-state index in [1.165, 1.54) is 4.90 Å². The van der Waals surface area contributed by atoms with Crippen molar-refractivity contribution in [1.29, 1.82) is 0 Å². The molecule has 3 aliphatic heterocycles. The number of hydrogen-bond acceptors (Lipinski definition) is 10. The number of halogens is 3. The summed E-state index contributed by atoms with van der Waals surface area (Å²) in [5.74, 6) is -3.73. The van der Waals surface area contributed by atoms with Crippen LogP contribution in [0.3, 0.4) is 0 Å². The predicted molar refractivity (Wildman–Crippen MR) is 174 cm³/mol. The van der Waals surface area contributed by atoms with Crippen molar-refractivity contribution >= 4 is 33.8 Å². The van der Waals surface area contributed by atoms with Gasteiger partial charge >= 0.3 is 21.6 Å². The molecule has 1 aromatic carbocycles. The Kier molecular flexibility index (Phi) is 11.3. The Balaban J connectivity index is 1.41. The van der Waals surface area contributed by atoms with Crippen molar-refractivity contribution in [2.75, 3.05) is 6.54 Å². The fourth-order valence-corrected chi connectivity index (χ4v) is 7.62. The first kappa shape index (κ1) is 38.7. The van der Waals surface area contributed by atoms with Crippen molar-refractivity contribution in [3.63, 3.8) is 0 Å². The number of alkyl halides is 3. The van der Waals surface area contributed by atoms with E-state index in [1.54, 1.807) is 25.7 Å². The van der Waals surface area contributed by atoms with Gasteiger partial charge in [-0.3, -0.25) is 14.4 Å². The van der Waals surface area contributed by atoms with Gasteiger partial charge in [0.05, 0.1) is 6.10 Å². The van der Waals surface area contributed by atoms with Gasteiger partial charge in [-0.05, 0) is 57.1 Å². The van der Waals surface area contributed by atoms with Crippen LogP contribution >= 0.6 is 0 Å². The highest BCUT2D eigenvalue weighted by atomic mass is 32.2. The van der Waals surface area contributed by atoms with Gasteiger partial charge < -0.3 is 30.1 Å². The van der Waals surface area contributed by atoms with Crippen LogP contribution in [0, 0.1) is 5.92 Å². The van der Waals surface area contributed by atoms with Crippen molar-refractivity contribution in [1.82, 2.24) is 25.2 Å². The van der Waals surface area contributed by atoms with E-state index in [4.69, 9.17) is 9.47 Å². The number of benzene rings is 1. The number of sulfonamides is 1. The molecule has 1 aromatic rings. The first-order valence-corrected chi connectivity index (χ1v) is 18.7. The van der Waals surface area contributed by atoms with Crippen molar-refractivity contribution in [2.45, 2.75) is 133 Å². The number of aliphatic hydroxyl groups excluding tert-OH is 1. The third kappa shape index (κ3) is 9.13. The number of nitrogens with zero attached hydrogens (tertiary/aromatic N) is 2. The summed E-state index contributed by atoms with van der Waals surface area (Å²) in [5, 5.41) is 16.2. The van der Waals surface area contributed by atoms with Crippen molar-refractivity contribution in [3.8, 4) is 0 Å². The smallest absolute Gasteiger partial charge is 0.444 e. The highest BCUT2D eigenvalue weighted by Crippen LogP contribution is 2.48. The number of rotatable bonds is 6. The van der Waals surface area contributed by atoms with E-state index in [0.717, 1.165) is 15.8 Å². The molecule has 18 heteroatoms. The minimum atomic E-state index is -6.07. The summed E-state index contributed by atoms with van der Waals surface area (Å²) < 4.78 is 75.9. The molecule has 14 nitrogen and oxygen atoms in total. The van der Waals surface area contributed by atoms with E-state index < -0.39 is 81.0 Å². The summed E-state index contributed by atoms with van der Waals surface area (Å²) in [6.45, 7) is 5.56. The number of fused-ring (bicyclic) bond motifs is 3. The molecule has 0 spiro atoms. The number of amides is 4. The first-order valence-electron chi connectivity index (χ1n) is 17.2. The third-order valence-corrected chi connectivity index (χ3v) is 10.8. The maximum atomic E-state index is 14.2. The Morgan fingerprint density at radius 3 is 2.24 bits per heavy atom. The molecule has 5 rings (SSSR count). The molecule has 3 heterocycles. The Morgan fingerprint density at radius 2 is 1.63 bits per heavy atom. The van der Waals surface area contributed by atoms with Crippen LogP contribution in [0.5, 0.6) is 0 Å². The summed E-state index contributed by atoms with van der Waals surface area (Å²) in [7, 11) is -6.07. The maximum absolute atomic E-state index is 14.2. The minimum absolute atomic E-state index is 0.102. The van der Waals surface area contributed by atoms with Gasteiger partial charge in [0, 0.05) is 26.1 Å². The largest absolute Gasteiger partial charge is 0.516 e. The zero-order valence-electron chi connectivity index (χ0n) is 28.8. The molecule has 284 valence electrons. The molecule has 1 saturated carbocycles. The summed E-state index contributed by atoms with van der Waals surface area (Å²) in [4.78, 5) is 57.2. The average molecular weight is 746 g/mol. The van der Waals surface area contributed by atoms with E-state index in [2.05, 4.69) is 10.6 Å². The molecule has 6 atom stereocenters. The van der Waals surface area contributed by atoms with Crippen molar-refractivity contribution in [2.24, 2.45) is 5.92 Å². The van der Waals surface area contributed by atoms with Crippen LogP contribution in [0.1, 0.15) is 89.7 Å². The predicted octanol–water partition coefficient (Wildman–Crippen LogP) is 2.74. The zero-order chi connectivity index (χ0) is 37.4. The Labute approximate surface area is 294 Å². The van der Waals surface area contributed by atoms with Gasteiger partial charge in [0.2, 0.25) is 18.2 Å². The van der Waals surface area contributed by atoms with Gasteiger partial charge in [-0.2, -0.15) is 21.6 Å². The second kappa shape index (κ2) is 14.9. The van der Waals surface area contributed by atoms with Crippen LogP contribution < -0.4 is 15.4 Å². The van der Waals surface area contributed by atoms with Gasteiger partial charge in [0.1, 0.15) is 23.2 Å². The number of ether oxygens (including phenoxy) is 2. The highest BCUT2D eigenvalue weighted by molar-refractivity contribution is 7.90. The lowest BCUT2D eigenvalue weighted by Crippen LogP contribution is -2.59. The Morgan fingerprint density at radius 1 is 1.02 bits per heavy atom. The fraction of sp³-hybridized carbons (Fsp3) is 0.697. The lowest BCUT2D eigenvalue weighted by atomic mass is 10.0. The minimum Gasteiger partial charge on any atom is -0.444 e. The monoisotopic (exact) mass is 745 g/mol. The normalized spacial score (nSPS) is 28.6. The molecule has 4 aliphatic rings. The van der Waals surface area contributed by atoms with Crippen LogP contribution in [0.2, 0.25) is 0 Å². The number of carbonyl (C=O) groups excluding carboxylic acids is 4. The molecule has 0 radical (unpaired) electrons. The van der Waals surface area contributed by atoms with Gasteiger partial charge in [-0.25, -0.2) is 14.4 Å². The quantitative estimate of drug-likeness (QED) is 0.316. The van der Waals surface area contributed by atoms with Crippen LogP contribution in [0.15, 0.2) is 24.3 Å². The standard InChI is InChI=1S/C33H46F3N5O9S/c1-31(2,3)50-29(45)37-24-14-8-6-4-5-7-13-22-16-32(22,28(44)39-51(47,48)33(34,35)36)38-26(42)25-15-23(19-41(25)27(24)43)49-30(46)40-17-20-11-9-10-12-21(20)18-40/h9-12,22-25,30,46H,4-8,13-19H2,1-3H3,(H,37,45)(H,38,42)(H,39,44)/t22-,23-,24+,25+,30?,32-/m1/s1. The average Bonchev–Trinajstić information content (AvgIpc) is 3.33. The van der Waals surface area contributed by atoms with Crippen LogP contribution in [0.25, 0.3) is 0 Å². The van der Waals surface area contributed by atoms with Gasteiger partial charge in [0.25, 0.3) is 5.91 Å². The van der Waals surface area contributed by atoms with Crippen molar-refractivity contribution in [3.05, 3.63) is 35.4 Å². The molecule has 1 aliphatic carbocycles. The molecular weight excluding hydrogens is 699 g/mol. The van der Waals surface area contributed by atoms with Crippen LogP contribution in [-0.2, 0) is 47.0 Å². The maximum Gasteiger partial charge on any atom is 0.516 e. The lowest BCUT2D eigenvalue weighted by Gasteiger charge is -2.30. The number of hydrogen-bond donors (Lipinski definition) is 4. The molecule has 51 heavy (non-hydrogen) atoms. The molecular formula is C33H46F3N5O9S. The van der Waals surface area contributed by atoms with Crippen LogP contribution in [0.4, 0.5) is 18.0 Å². The van der Waals surface area contributed by atoms with E-state index in [0.29, 0.717) is 51.6 Å². The zero-order valence-corrected chi connectivity index (χ0v) is 29.6.